The molecule has 0 unspecified atom stereocenters. The van der Waals surface area contributed by atoms with Crippen molar-refractivity contribution in [1.82, 2.24) is 9.47 Å². The number of carbonyl (C=O) groups excluding carboxylic acids is 1. The van der Waals surface area contributed by atoms with E-state index in [0.29, 0.717) is 0 Å². The summed E-state index contributed by atoms with van der Waals surface area (Å²) in [6, 6.07) is 16.8. The Kier molecular flexibility index (Phi) is 4.41. The molecule has 134 valence electrons. The number of hydrogen-bond acceptors (Lipinski definition) is 2. The predicted octanol–water partition coefficient (Wildman–Crippen LogP) is 3.93. The molecule has 0 spiro atoms. The zero-order valence-electron chi connectivity index (χ0n) is 15.5. The van der Waals surface area contributed by atoms with Gasteiger partial charge in [0.25, 0.3) is 5.91 Å². The van der Waals surface area contributed by atoms with Gasteiger partial charge in [-0.25, -0.2) is 0 Å². The molecule has 0 saturated carbocycles. The molecule has 1 saturated heterocycles. The molecule has 1 aliphatic rings. The maximum Gasteiger partial charge on any atom is 0.256 e. The van der Waals surface area contributed by atoms with Gasteiger partial charge >= 0.3 is 0 Å². The van der Waals surface area contributed by atoms with E-state index in [1.165, 1.54) is 11.3 Å². The highest BCUT2D eigenvalue weighted by atomic mass is 16.2. The Hall–Kier alpha value is -2.75. The molecule has 0 radical (unpaired) electrons. The van der Waals surface area contributed by atoms with Gasteiger partial charge in [0, 0.05) is 55.5 Å². The summed E-state index contributed by atoms with van der Waals surface area (Å²) in [6.45, 7) is 8.38. The smallest absolute Gasteiger partial charge is 0.256 e. The third-order valence-corrected chi connectivity index (χ3v) is 5.29. The van der Waals surface area contributed by atoms with E-state index in [4.69, 9.17) is 0 Å². The van der Waals surface area contributed by atoms with Crippen LogP contribution in [0.25, 0.3) is 10.9 Å². The molecule has 0 atom stereocenters. The maximum atomic E-state index is 13.1. The van der Waals surface area contributed by atoms with Crippen LogP contribution in [0, 0.1) is 6.92 Å². The van der Waals surface area contributed by atoms with Crippen LogP contribution in [0.3, 0.4) is 0 Å². The molecular formula is C22H25N3O. The number of carbonyl (C=O) groups is 1. The summed E-state index contributed by atoms with van der Waals surface area (Å²) in [6.07, 6.45) is 2.01. The van der Waals surface area contributed by atoms with Crippen molar-refractivity contribution in [2.75, 3.05) is 31.1 Å². The monoisotopic (exact) mass is 347 g/mol. The van der Waals surface area contributed by atoms with E-state index in [1.54, 1.807) is 0 Å². The van der Waals surface area contributed by atoms with Gasteiger partial charge in [0.2, 0.25) is 0 Å². The number of rotatable bonds is 3. The lowest BCUT2D eigenvalue weighted by molar-refractivity contribution is 0.0748. The van der Waals surface area contributed by atoms with Crippen molar-refractivity contribution in [1.29, 1.82) is 0 Å². The van der Waals surface area contributed by atoms with Gasteiger partial charge in [-0.1, -0.05) is 30.3 Å². The zero-order chi connectivity index (χ0) is 18.1. The van der Waals surface area contributed by atoms with Crippen LogP contribution in [-0.2, 0) is 6.54 Å². The van der Waals surface area contributed by atoms with Crippen LogP contribution >= 0.6 is 0 Å². The van der Waals surface area contributed by atoms with E-state index in [1.807, 2.05) is 23.2 Å². The summed E-state index contributed by atoms with van der Waals surface area (Å²) in [5, 5.41) is 1.06. The summed E-state index contributed by atoms with van der Waals surface area (Å²) >= 11 is 0. The van der Waals surface area contributed by atoms with Gasteiger partial charge in [-0.15, -0.1) is 0 Å². The number of aromatic nitrogens is 1. The topological polar surface area (TPSA) is 28.5 Å². The average molecular weight is 347 g/mol. The number of anilines is 1. The summed E-state index contributed by atoms with van der Waals surface area (Å²) in [7, 11) is 0. The largest absolute Gasteiger partial charge is 0.368 e. The fraction of sp³-hybridized carbons (Fsp3) is 0.318. The average Bonchev–Trinajstić information content (AvgIpc) is 3.06. The van der Waals surface area contributed by atoms with Gasteiger partial charge < -0.3 is 14.4 Å². The van der Waals surface area contributed by atoms with Gasteiger partial charge in [-0.2, -0.15) is 0 Å². The molecule has 2 aromatic carbocycles. The molecule has 0 bridgehead atoms. The molecule has 2 heterocycles. The number of amides is 1. The summed E-state index contributed by atoms with van der Waals surface area (Å²) in [4.78, 5) is 17.5. The lowest BCUT2D eigenvalue weighted by Crippen LogP contribution is -2.48. The van der Waals surface area contributed by atoms with E-state index >= 15 is 0 Å². The molecule has 0 aliphatic carbocycles. The molecule has 0 N–H and O–H groups in total. The van der Waals surface area contributed by atoms with Crippen LogP contribution in [-0.4, -0.2) is 41.6 Å². The molecule has 1 aliphatic heterocycles. The van der Waals surface area contributed by atoms with Crippen molar-refractivity contribution in [3.8, 4) is 0 Å². The van der Waals surface area contributed by atoms with Crippen molar-refractivity contribution in [2.24, 2.45) is 0 Å². The normalized spacial score (nSPS) is 14.8. The van der Waals surface area contributed by atoms with E-state index < -0.39 is 0 Å². The summed E-state index contributed by atoms with van der Waals surface area (Å²) < 4.78 is 2.16. The molecule has 1 fully saturated rings. The van der Waals surface area contributed by atoms with Gasteiger partial charge in [0.05, 0.1) is 5.56 Å². The fourth-order valence-corrected chi connectivity index (χ4v) is 3.84. The van der Waals surface area contributed by atoms with Crippen molar-refractivity contribution < 1.29 is 4.79 Å². The van der Waals surface area contributed by atoms with E-state index in [9.17, 15) is 4.79 Å². The van der Waals surface area contributed by atoms with Gasteiger partial charge in [-0.05, 0) is 37.6 Å². The highest BCUT2D eigenvalue weighted by molar-refractivity contribution is 6.07. The third kappa shape index (κ3) is 2.96. The summed E-state index contributed by atoms with van der Waals surface area (Å²) in [5.74, 6) is 0.150. The molecule has 26 heavy (non-hydrogen) atoms. The maximum absolute atomic E-state index is 13.1. The predicted molar refractivity (Wildman–Crippen MR) is 107 cm³/mol. The Morgan fingerprint density at radius 1 is 1.00 bits per heavy atom. The Balaban J connectivity index is 1.52. The first kappa shape index (κ1) is 16.7. The van der Waals surface area contributed by atoms with E-state index in [0.717, 1.165) is 49.2 Å². The van der Waals surface area contributed by atoms with Crippen molar-refractivity contribution in [3.63, 3.8) is 0 Å². The number of aryl methyl sites for hydroxylation is 2. The van der Waals surface area contributed by atoms with Crippen LogP contribution < -0.4 is 4.90 Å². The fourth-order valence-electron chi connectivity index (χ4n) is 3.84. The minimum absolute atomic E-state index is 0.150. The highest BCUT2D eigenvalue weighted by Gasteiger charge is 2.24. The molecule has 4 nitrogen and oxygen atoms in total. The Bertz CT molecular complexity index is 935. The van der Waals surface area contributed by atoms with Crippen molar-refractivity contribution in [3.05, 3.63) is 65.9 Å². The number of hydrogen-bond donors (Lipinski definition) is 0. The Morgan fingerprint density at radius 2 is 1.77 bits per heavy atom. The van der Waals surface area contributed by atoms with Crippen LogP contribution in [0.5, 0.6) is 0 Å². The minimum Gasteiger partial charge on any atom is -0.368 e. The minimum atomic E-state index is 0.150. The first-order valence-corrected chi connectivity index (χ1v) is 9.36. The van der Waals surface area contributed by atoms with Gasteiger partial charge in [-0.3, -0.25) is 4.79 Å². The highest BCUT2D eigenvalue weighted by Crippen LogP contribution is 2.24. The molecule has 3 aromatic rings. The number of nitrogens with zero attached hydrogens (tertiary/aromatic N) is 3. The van der Waals surface area contributed by atoms with E-state index in [2.05, 4.69) is 59.7 Å². The van der Waals surface area contributed by atoms with E-state index in [-0.39, 0.29) is 5.91 Å². The molecule has 4 rings (SSSR count). The number of para-hydroxylation sites is 1. The first-order chi connectivity index (χ1) is 12.7. The van der Waals surface area contributed by atoms with Crippen LogP contribution in [0.2, 0.25) is 0 Å². The first-order valence-electron chi connectivity index (χ1n) is 9.36. The lowest BCUT2D eigenvalue weighted by Gasteiger charge is -2.36. The Labute approximate surface area is 154 Å². The second kappa shape index (κ2) is 6.87. The Morgan fingerprint density at radius 3 is 2.50 bits per heavy atom. The second-order valence-electron chi connectivity index (χ2n) is 6.96. The zero-order valence-corrected chi connectivity index (χ0v) is 15.5. The van der Waals surface area contributed by atoms with Gasteiger partial charge in [0.15, 0.2) is 0 Å². The van der Waals surface area contributed by atoms with Crippen LogP contribution in [0.1, 0.15) is 22.8 Å². The number of piperazine rings is 1. The molecule has 1 amide bonds. The number of fused-ring (bicyclic) bond motifs is 1. The quantitative estimate of drug-likeness (QED) is 0.718. The third-order valence-electron chi connectivity index (χ3n) is 5.29. The summed E-state index contributed by atoms with van der Waals surface area (Å²) in [5.41, 5.74) is 4.48. The lowest BCUT2D eigenvalue weighted by atomic mass is 10.1. The van der Waals surface area contributed by atoms with Crippen LogP contribution in [0.4, 0.5) is 5.69 Å². The molecular weight excluding hydrogens is 322 g/mol. The van der Waals surface area contributed by atoms with Crippen molar-refractivity contribution in [2.45, 2.75) is 20.4 Å². The molecule has 4 heteroatoms. The SMILES string of the molecule is CCn1cc(C(=O)N2CCN(c3cccc(C)c3)CC2)c2ccccc21. The number of benzene rings is 2. The van der Waals surface area contributed by atoms with Crippen LogP contribution in [0.15, 0.2) is 54.7 Å². The standard InChI is InChI=1S/C22H25N3O/c1-3-23-16-20(19-9-4-5-10-21(19)23)22(26)25-13-11-24(12-14-25)18-8-6-7-17(2)15-18/h4-10,15-16H,3,11-14H2,1-2H3. The second-order valence-corrected chi connectivity index (χ2v) is 6.96. The molecule has 1 aromatic heterocycles. The van der Waals surface area contributed by atoms with Crippen molar-refractivity contribution >= 4 is 22.5 Å². The van der Waals surface area contributed by atoms with Gasteiger partial charge in [0.1, 0.15) is 0 Å².